The van der Waals surface area contributed by atoms with Crippen LogP contribution in [-0.2, 0) is 0 Å². The van der Waals surface area contributed by atoms with Gasteiger partial charge in [-0.1, -0.05) is 109 Å². The van der Waals surface area contributed by atoms with Gasteiger partial charge in [0.05, 0.1) is 17.1 Å². The van der Waals surface area contributed by atoms with E-state index < -0.39 is 0 Å². The van der Waals surface area contributed by atoms with Gasteiger partial charge >= 0.3 is 0 Å². The maximum Gasteiger partial charge on any atom is 0.113 e. The molecule has 0 unspecified atom stereocenters. The summed E-state index contributed by atoms with van der Waals surface area (Å²) in [5.74, 6) is 0. The molecule has 0 atom stereocenters. The number of benzene rings is 9. The van der Waals surface area contributed by atoms with E-state index in [9.17, 15) is 0 Å². The molecule has 0 saturated carbocycles. The Hall–Kier alpha value is -8.88. The zero-order valence-corrected chi connectivity index (χ0v) is 34.6. The number of anilines is 7. The Morgan fingerprint density at radius 3 is 1.34 bits per heavy atom. The second-order valence-electron chi connectivity index (χ2n) is 15.6. The molecule has 0 fully saturated rings. The van der Waals surface area contributed by atoms with Gasteiger partial charge in [0.1, 0.15) is 16.7 Å². The lowest BCUT2D eigenvalue weighted by molar-refractivity contribution is 0.766. The Balaban J connectivity index is 0.902. The summed E-state index contributed by atoms with van der Waals surface area (Å²) >= 11 is 0. The van der Waals surface area contributed by atoms with Crippen molar-refractivity contribution in [2.24, 2.45) is 5.10 Å². The van der Waals surface area contributed by atoms with Crippen LogP contribution in [0.5, 0.6) is 0 Å². The molecule has 1 aliphatic carbocycles. The van der Waals surface area contributed by atoms with Crippen molar-refractivity contribution in [3.63, 3.8) is 0 Å². The molecule has 0 spiro atoms. The molecule has 0 amide bonds. The molecule has 1 heterocycles. The van der Waals surface area contributed by atoms with E-state index in [-0.39, 0.29) is 0 Å². The Bertz CT molecular complexity index is 3390. The molecule has 0 bridgehead atoms. The number of hydrogen-bond acceptors (Lipinski definition) is 7. The van der Waals surface area contributed by atoms with Gasteiger partial charge < -0.3 is 9.80 Å². The van der Waals surface area contributed by atoms with Crippen LogP contribution < -0.4 is 15.2 Å². The van der Waals surface area contributed by atoms with E-state index in [0.29, 0.717) is 11.4 Å². The minimum Gasteiger partial charge on any atom is -0.310 e. The maximum atomic E-state index is 8.15. The minimum atomic E-state index is 0.372. The third-order valence-electron chi connectivity index (χ3n) is 11.5. The molecule has 1 aromatic heterocycles. The lowest BCUT2D eigenvalue weighted by Gasteiger charge is -2.27. The highest BCUT2D eigenvalue weighted by atomic mass is 15.5. The van der Waals surface area contributed by atoms with Gasteiger partial charge in [-0.3, -0.25) is 10.8 Å². The molecule has 10 aromatic rings. The topological polar surface area (TPSA) is 85.4 Å². The summed E-state index contributed by atoms with van der Waals surface area (Å²) in [5.41, 5.74) is 16.0. The van der Waals surface area contributed by atoms with Crippen molar-refractivity contribution in [1.82, 2.24) is 15.0 Å². The second-order valence-corrected chi connectivity index (χ2v) is 15.6. The number of hydrogen-bond donors (Lipinski definition) is 2. The zero-order valence-electron chi connectivity index (χ0n) is 34.6. The Labute approximate surface area is 370 Å². The fraction of sp³-hybridized carbons (Fsp3) is 0. The molecule has 9 aromatic carbocycles. The maximum absolute atomic E-state index is 8.15. The van der Waals surface area contributed by atoms with Crippen LogP contribution in [0, 0.1) is 5.41 Å². The van der Waals surface area contributed by atoms with Gasteiger partial charge in [-0.15, -0.1) is 10.2 Å². The fourth-order valence-corrected chi connectivity index (χ4v) is 8.22. The van der Waals surface area contributed by atoms with Gasteiger partial charge in [0.15, 0.2) is 0 Å². The fourth-order valence-electron chi connectivity index (χ4n) is 8.22. The first-order valence-corrected chi connectivity index (χ1v) is 21.2. The SMILES string of the molecule is N=C1C=CC=C/C1=N/Nc1ccc(N(c2ccc(-c3ccc(N(c4ccc(-n5nc6ccccc6n5)cc4)c4ccc5ccccc5c4)cc3)cc2)c2ccc3ccccc3c2)cc1. The summed E-state index contributed by atoms with van der Waals surface area (Å²) in [5, 5.41) is 26.8. The van der Waals surface area contributed by atoms with Crippen molar-refractivity contribution >= 4 is 83.8 Å². The molecule has 1 aliphatic rings. The van der Waals surface area contributed by atoms with Gasteiger partial charge in [0, 0.05) is 34.1 Å². The van der Waals surface area contributed by atoms with E-state index in [1.807, 2.05) is 54.6 Å². The second kappa shape index (κ2) is 16.5. The number of hydrazone groups is 1. The molecule has 0 radical (unpaired) electrons. The minimum absolute atomic E-state index is 0.372. The predicted molar refractivity (Wildman–Crippen MR) is 266 cm³/mol. The summed E-state index contributed by atoms with van der Waals surface area (Å²) < 4.78 is 0. The van der Waals surface area contributed by atoms with E-state index in [4.69, 9.17) is 15.6 Å². The Kier molecular flexibility index (Phi) is 9.83. The van der Waals surface area contributed by atoms with E-state index in [0.717, 1.165) is 67.7 Å². The number of allylic oxidation sites excluding steroid dienone is 4. The van der Waals surface area contributed by atoms with Gasteiger partial charge in [0.25, 0.3) is 0 Å². The highest BCUT2D eigenvalue weighted by Crippen LogP contribution is 2.40. The van der Waals surface area contributed by atoms with Crippen molar-refractivity contribution in [3.05, 3.63) is 231 Å². The van der Waals surface area contributed by atoms with E-state index in [2.05, 4.69) is 190 Å². The Morgan fingerprint density at radius 1 is 0.422 bits per heavy atom. The van der Waals surface area contributed by atoms with Crippen LogP contribution in [-0.4, -0.2) is 26.4 Å². The van der Waals surface area contributed by atoms with Crippen LogP contribution in [0.1, 0.15) is 0 Å². The van der Waals surface area contributed by atoms with E-state index in [1.54, 1.807) is 10.9 Å². The number of nitrogens with one attached hydrogen (secondary N) is 2. The smallest absolute Gasteiger partial charge is 0.113 e. The third-order valence-corrected chi connectivity index (χ3v) is 11.5. The quantitative estimate of drug-likeness (QED) is 0.106. The van der Waals surface area contributed by atoms with E-state index >= 15 is 0 Å². The first-order chi connectivity index (χ1) is 31.6. The van der Waals surface area contributed by atoms with Crippen molar-refractivity contribution in [2.75, 3.05) is 15.2 Å². The van der Waals surface area contributed by atoms with Crippen LogP contribution in [0.4, 0.5) is 39.8 Å². The van der Waals surface area contributed by atoms with Crippen LogP contribution in [0.25, 0.3) is 49.4 Å². The van der Waals surface area contributed by atoms with Gasteiger partial charge in [-0.2, -0.15) is 9.90 Å². The van der Waals surface area contributed by atoms with Crippen LogP contribution >= 0.6 is 0 Å². The van der Waals surface area contributed by atoms with Gasteiger partial charge in [-0.05, 0) is 154 Å². The number of fused-ring (bicyclic) bond motifs is 3. The lowest BCUT2D eigenvalue weighted by atomic mass is 10.0. The summed E-state index contributed by atoms with van der Waals surface area (Å²) in [6.07, 6.45) is 7.28. The first-order valence-electron chi connectivity index (χ1n) is 21.2. The molecule has 304 valence electrons. The highest BCUT2D eigenvalue weighted by Gasteiger charge is 2.17. The van der Waals surface area contributed by atoms with Crippen LogP contribution in [0.15, 0.2) is 236 Å². The predicted octanol–water partition coefficient (Wildman–Crippen LogP) is 14.2. The van der Waals surface area contributed by atoms with Crippen molar-refractivity contribution in [1.29, 1.82) is 5.41 Å². The van der Waals surface area contributed by atoms with Gasteiger partial charge in [0.2, 0.25) is 0 Å². The number of aromatic nitrogens is 3. The number of nitrogens with zero attached hydrogens (tertiary/aromatic N) is 6. The van der Waals surface area contributed by atoms with Gasteiger partial charge in [-0.25, -0.2) is 0 Å². The monoisotopic (exact) mass is 824 g/mol. The molecule has 8 heteroatoms. The summed E-state index contributed by atoms with van der Waals surface area (Å²) in [4.78, 5) is 6.26. The van der Waals surface area contributed by atoms with Crippen molar-refractivity contribution in [3.8, 4) is 16.8 Å². The zero-order chi connectivity index (χ0) is 42.8. The molecular formula is C56H40N8. The molecule has 2 N–H and O–H groups in total. The summed E-state index contributed by atoms with van der Waals surface area (Å²) in [6, 6.07) is 72.2. The van der Waals surface area contributed by atoms with Crippen LogP contribution in [0.3, 0.4) is 0 Å². The molecule has 0 saturated heterocycles. The standard InChI is InChI=1S/C56H40N8/c57-53-13-5-6-14-54(53)59-58-45-23-31-48(32-24-45)62(51-29-21-39-9-1-3-11-43(39)37-51)46-25-17-41(18-26-46)42-19-27-47(28-20-42)63(52-30-22-40-10-2-4-12-44(40)38-52)49-33-35-50(36-34-49)64-60-55-15-7-8-16-56(55)61-64/h1-38,57-58H/b57-53?,59-54-. The largest absolute Gasteiger partial charge is 0.310 e. The average molecular weight is 825 g/mol. The lowest BCUT2D eigenvalue weighted by Crippen LogP contribution is -2.12. The summed E-state index contributed by atoms with van der Waals surface area (Å²) in [7, 11) is 0. The first kappa shape index (κ1) is 38.1. The van der Waals surface area contributed by atoms with Crippen LogP contribution in [0.2, 0.25) is 0 Å². The summed E-state index contributed by atoms with van der Waals surface area (Å²) in [6.45, 7) is 0. The van der Waals surface area contributed by atoms with Crippen molar-refractivity contribution in [2.45, 2.75) is 0 Å². The molecule has 0 aliphatic heterocycles. The molecule has 11 rings (SSSR count). The molecular weight excluding hydrogens is 785 g/mol. The van der Waals surface area contributed by atoms with Crippen molar-refractivity contribution < 1.29 is 0 Å². The molecule has 64 heavy (non-hydrogen) atoms. The van der Waals surface area contributed by atoms with E-state index in [1.165, 1.54) is 21.5 Å². The third kappa shape index (κ3) is 7.56. The average Bonchev–Trinajstić information content (AvgIpc) is 3.80. The Morgan fingerprint density at radius 2 is 0.844 bits per heavy atom. The molecule has 8 nitrogen and oxygen atoms in total. The normalized spacial score (nSPS) is 12.9. The highest BCUT2D eigenvalue weighted by molar-refractivity contribution is 6.50. The number of rotatable bonds is 10.